The maximum Gasteiger partial charge on any atom is 0.257 e. The minimum atomic E-state index is -3.58. The first-order valence-corrected chi connectivity index (χ1v) is 11.9. The van der Waals surface area contributed by atoms with Crippen LogP contribution in [0.5, 0.6) is 5.75 Å². The molecule has 1 amide bonds. The summed E-state index contributed by atoms with van der Waals surface area (Å²) in [4.78, 5) is 17.1. The lowest BCUT2D eigenvalue weighted by atomic mass is 10.2. The normalized spacial score (nSPS) is 11.8. The summed E-state index contributed by atoms with van der Waals surface area (Å²) in [7, 11) is -0.489. The van der Waals surface area contributed by atoms with Gasteiger partial charge in [-0.25, -0.2) is 17.7 Å². The number of anilines is 1. The Labute approximate surface area is 184 Å². The van der Waals surface area contributed by atoms with E-state index in [0.29, 0.717) is 38.2 Å². The Balaban J connectivity index is 1.78. The van der Waals surface area contributed by atoms with E-state index in [2.05, 4.69) is 10.3 Å². The highest BCUT2D eigenvalue weighted by Gasteiger charge is 2.21. The number of unbranched alkanes of at least 4 members (excludes halogenated alkanes) is 1. The number of ether oxygens (including phenoxy) is 1. The molecule has 10 heteroatoms. The predicted molar refractivity (Wildman–Crippen MR) is 120 cm³/mol. The number of hydrogen-bond donors (Lipinski definition) is 1. The number of carbonyl (C=O) groups is 1. The predicted octanol–water partition coefficient (Wildman–Crippen LogP) is 4.63. The second-order valence-corrected chi connectivity index (χ2v) is 10.1. The largest absolute Gasteiger partial charge is 0.494 e. The first-order valence-electron chi connectivity index (χ1n) is 9.28. The van der Waals surface area contributed by atoms with E-state index in [4.69, 9.17) is 16.3 Å². The number of nitrogens with zero attached hydrogens (tertiary/aromatic N) is 2. The summed E-state index contributed by atoms with van der Waals surface area (Å²) in [6, 6.07) is 9.26. The molecule has 0 aliphatic heterocycles. The highest BCUT2D eigenvalue weighted by molar-refractivity contribution is 7.89. The van der Waals surface area contributed by atoms with E-state index in [0.717, 1.165) is 12.8 Å². The van der Waals surface area contributed by atoms with Gasteiger partial charge in [-0.3, -0.25) is 10.1 Å². The van der Waals surface area contributed by atoms with Gasteiger partial charge in [-0.05, 0) is 42.8 Å². The van der Waals surface area contributed by atoms with Crippen molar-refractivity contribution >= 4 is 54.2 Å². The van der Waals surface area contributed by atoms with Crippen molar-refractivity contribution in [1.82, 2.24) is 9.29 Å². The molecule has 1 heterocycles. The van der Waals surface area contributed by atoms with Gasteiger partial charge in [0.05, 0.1) is 21.7 Å². The molecule has 0 bridgehead atoms. The molecule has 7 nitrogen and oxygen atoms in total. The molecular formula is C20H22ClN3O4S2. The van der Waals surface area contributed by atoms with Crippen LogP contribution >= 0.6 is 22.9 Å². The van der Waals surface area contributed by atoms with Gasteiger partial charge in [0.15, 0.2) is 5.13 Å². The zero-order valence-electron chi connectivity index (χ0n) is 16.8. The van der Waals surface area contributed by atoms with Crippen LogP contribution in [0.2, 0.25) is 5.02 Å². The van der Waals surface area contributed by atoms with E-state index < -0.39 is 15.9 Å². The first-order chi connectivity index (χ1) is 14.3. The molecule has 0 atom stereocenters. The van der Waals surface area contributed by atoms with Crippen LogP contribution in [0.4, 0.5) is 5.13 Å². The number of sulfonamides is 1. The van der Waals surface area contributed by atoms with E-state index in [1.807, 2.05) is 6.92 Å². The number of halogens is 1. The summed E-state index contributed by atoms with van der Waals surface area (Å²) in [5.74, 6) is 0.167. The molecule has 1 N–H and O–H groups in total. The summed E-state index contributed by atoms with van der Waals surface area (Å²) in [6.45, 7) is 2.45. The van der Waals surface area contributed by atoms with Gasteiger partial charge in [-0.15, -0.1) is 0 Å². The fraction of sp³-hybridized carbons (Fsp3) is 0.300. The molecule has 160 valence electrons. The monoisotopic (exact) mass is 467 g/mol. The number of amides is 1. The molecular weight excluding hydrogens is 446 g/mol. The van der Waals surface area contributed by atoms with Crippen LogP contribution in [0.15, 0.2) is 41.3 Å². The lowest BCUT2D eigenvalue weighted by molar-refractivity contribution is 0.102. The number of benzene rings is 2. The SMILES string of the molecule is CCCCN(C)S(=O)(=O)c1ccc(C(=O)Nc2nc3c(OC)ccc(Cl)c3s2)cc1. The molecule has 1 aromatic heterocycles. The van der Waals surface area contributed by atoms with Gasteiger partial charge in [0.25, 0.3) is 5.91 Å². The lowest BCUT2D eigenvalue weighted by Crippen LogP contribution is -2.28. The van der Waals surface area contributed by atoms with Crippen molar-refractivity contribution < 1.29 is 17.9 Å². The number of methoxy groups -OCH3 is 1. The molecule has 0 spiro atoms. The highest BCUT2D eigenvalue weighted by Crippen LogP contribution is 2.37. The summed E-state index contributed by atoms with van der Waals surface area (Å²) < 4.78 is 32.5. The molecule has 0 saturated carbocycles. The van der Waals surface area contributed by atoms with Crippen molar-refractivity contribution in [2.45, 2.75) is 24.7 Å². The Bertz CT molecular complexity index is 1160. The molecule has 0 aliphatic rings. The Morgan fingerprint density at radius 1 is 1.23 bits per heavy atom. The summed E-state index contributed by atoms with van der Waals surface area (Å²) >= 11 is 7.45. The van der Waals surface area contributed by atoms with Gasteiger partial charge in [0.1, 0.15) is 11.3 Å². The molecule has 0 aliphatic carbocycles. The van der Waals surface area contributed by atoms with Crippen LogP contribution in [0.25, 0.3) is 10.2 Å². The second kappa shape index (κ2) is 9.30. The standard InChI is InChI=1S/C20H22ClN3O4S2/c1-4-5-12-24(2)30(26,27)14-8-6-13(7-9-14)19(25)23-20-22-17-16(28-3)11-10-15(21)18(17)29-20/h6-11H,4-5,12H2,1-3H3,(H,22,23,25). The Morgan fingerprint density at radius 3 is 2.57 bits per heavy atom. The first kappa shape index (κ1) is 22.5. The Morgan fingerprint density at radius 2 is 1.93 bits per heavy atom. The molecule has 2 aromatic carbocycles. The second-order valence-electron chi connectivity index (χ2n) is 6.61. The van der Waals surface area contributed by atoms with Crippen molar-refractivity contribution in [1.29, 1.82) is 0 Å². The molecule has 3 aromatic rings. The fourth-order valence-corrected chi connectivity index (χ4v) is 5.16. The minimum absolute atomic E-state index is 0.147. The van der Waals surface area contributed by atoms with Gasteiger partial charge in [0, 0.05) is 19.2 Å². The minimum Gasteiger partial charge on any atom is -0.494 e. The average molecular weight is 468 g/mol. The number of nitrogens with one attached hydrogen (secondary N) is 1. The third kappa shape index (κ3) is 4.59. The number of carbonyl (C=O) groups excluding carboxylic acids is 1. The third-order valence-electron chi connectivity index (χ3n) is 4.55. The van der Waals surface area contributed by atoms with Gasteiger partial charge >= 0.3 is 0 Å². The van der Waals surface area contributed by atoms with Crippen LogP contribution in [0.1, 0.15) is 30.1 Å². The van der Waals surface area contributed by atoms with Gasteiger partial charge in [0.2, 0.25) is 10.0 Å². The Kier molecular flexibility index (Phi) is 6.97. The van der Waals surface area contributed by atoms with E-state index >= 15 is 0 Å². The van der Waals surface area contributed by atoms with Crippen LogP contribution in [0.3, 0.4) is 0 Å². The third-order valence-corrected chi connectivity index (χ3v) is 7.85. The van der Waals surface area contributed by atoms with Crippen molar-refractivity contribution in [3.8, 4) is 5.75 Å². The zero-order valence-corrected chi connectivity index (χ0v) is 19.2. The number of hydrogen-bond acceptors (Lipinski definition) is 6. The maximum absolute atomic E-state index is 12.6. The van der Waals surface area contributed by atoms with Crippen LogP contribution in [-0.2, 0) is 10.0 Å². The number of aromatic nitrogens is 1. The zero-order chi connectivity index (χ0) is 21.9. The molecule has 0 radical (unpaired) electrons. The van der Waals surface area contributed by atoms with Crippen molar-refractivity contribution in [2.24, 2.45) is 0 Å². The van der Waals surface area contributed by atoms with Gasteiger partial charge in [-0.1, -0.05) is 36.3 Å². The topological polar surface area (TPSA) is 88.6 Å². The fourth-order valence-electron chi connectivity index (χ4n) is 2.80. The molecule has 0 unspecified atom stereocenters. The average Bonchev–Trinajstić information content (AvgIpc) is 3.16. The van der Waals surface area contributed by atoms with E-state index in [1.54, 1.807) is 19.2 Å². The lowest BCUT2D eigenvalue weighted by Gasteiger charge is -2.16. The maximum atomic E-state index is 12.6. The van der Waals surface area contributed by atoms with Crippen molar-refractivity contribution in [3.63, 3.8) is 0 Å². The number of fused-ring (bicyclic) bond motifs is 1. The van der Waals surface area contributed by atoms with E-state index in [-0.39, 0.29) is 4.90 Å². The summed E-state index contributed by atoms with van der Waals surface area (Å²) in [5, 5.41) is 3.62. The molecule has 30 heavy (non-hydrogen) atoms. The van der Waals surface area contributed by atoms with Crippen LogP contribution < -0.4 is 10.1 Å². The summed E-state index contributed by atoms with van der Waals surface area (Å²) in [6.07, 6.45) is 1.69. The molecule has 0 saturated heterocycles. The van der Waals surface area contributed by atoms with Crippen LogP contribution in [-0.4, -0.2) is 44.3 Å². The molecule has 0 fully saturated rings. The number of rotatable bonds is 8. The highest BCUT2D eigenvalue weighted by atomic mass is 35.5. The number of thiazole rings is 1. The van der Waals surface area contributed by atoms with Crippen LogP contribution in [0, 0.1) is 0 Å². The quantitative estimate of drug-likeness (QED) is 0.521. The smallest absolute Gasteiger partial charge is 0.257 e. The van der Waals surface area contributed by atoms with Crippen molar-refractivity contribution in [3.05, 3.63) is 47.0 Å². The van der Waals surface area contributed by atoms with Crippen molar-refractivity contribution in [2.75, 3.05) is 26.0 Å². The molecule has 3 rings (SSSR count). The van der Waals surface area contributed by atoms with E-state index in [9.17, 15) is 13.2 Å². The van der Waals surface area contributed by atoms with E-state index in [1.165, 1.54) is 47.0 Å². The van der Waals surface area contributed by atoms with Gasteiger partial charge < -0.3 is 4.74 Å². The Hall–Kier alpha value is -2.20. The summed E-state index contributed by atoms with van der Waals surface area (Å²) in [5.41, 5.74) is 0.893. The van der Waals surface area contributed by atoms with Gasteiger partial charge in [-0.2, -0.15) is 0 Å².